The molecular weight excluding hydrogens is 374 g/mol. The van der Waals surface area contributed by atoms with Gasteiger partial charge in [0.1, 0.15) is 0 Å². The fourth-order valence-electron chi connectivity index (χ4n) is 3.26. The molecule has 0 radical (unpaired) electrons. The van der Waals surface area contributed by atoms with Crippen LogP contribution in [0, 0.1) is 0 Å². The number of rotatable bonds is 1. The zero-order valence-electron chi connectivity index (χ0n) is 13.0. The van der Waals surface area contributed by atoms with Crippen molar-refractivity contribution in [2.45, 2.75) is 25.8 Å². The molecule has 118 valence electrons. The molecule has 0 spiro atoms. The van der Waals surface area contributed by atoms with Crippen LogP contribution in [0.15, 0.2) is 53.0 Å². The zero-order valence-corrected chi connectivity index (χ0v) is 15.4. The maximum atomic E-state index is 4.49. The molecule has 5 heteroatoms. The third-order valence-electron chi connectivity index (χ3n) is 4.25. The van der Waals surface area contributed by atoms with Crippen molar-refractivity contribution in [2.75, 3.05) is 0 Å². The Hall–Kier alpha value is -1.65. The fraction of sp³-hybridized carbons (Fsp3) is 0.222. The van der Waals surface area contributed by atoms with Crippen molar-refractivity contribution in [2.24, 2.45) is 0 Å². The second kappa shape index (κ2) is 5.77. The highest BCUT2D eigenvalue weighted by atomic mass is 79.9. The molecule has 0 aliphatic carbocycles. The highest BCUT2D eigenvalue weighted by molar-refractivity contribution is 9.10. The second-order valence-electron chi connectivity index (χ2n) is 6.34. The molecule has 0 N–H and O–H groups in total. The number of aromatic nitrogens is 3. The molecule has 1 aromatic heterocycles. The number of hydrogen-bond acceptors (Lipinski definition) is 2. The summed E-state index contributed by atoms with van der Waals surface area (Å²) in [4.78, 5) is 0. The van der Waals surface area contributed by atoms with Crippen LogP contribution >= 0.6 is 28.3 Å². The first-order chi connectivity index (χ1) is 10.6. The summed E-state index contributed by atoms with van der Waals surface area (Å²) in [5, 5.41) is 8.98. The lowest BCUT2D eigenvalue weighted by molar-refractivity contribution is 0.351. The first-order valence-electron chi connectivity index (χ1n) is 7.36. The van der Waals surface area contributed by atoms with Crippen LogP contribution in [0.4, 0.5) is 0 Å². The van der Waals surface area contributed by atoms with Crippen molar-refractivity contribution in [1.29, 1.82) is 0 Å². The smallest absolute Gasteiger partial charge is 0.165 e. The van der Waals surface area contributed by atoms with Crippen LogP contribution in [-0.4, -0.2) is 14.8 Å². The predicted octanol–water partition coefficient (Wildman–Crippen LogP) is 5.09. The molecule has 1 aliphatic rings. The summed E-state index contributed by atoms with van der Waals surface area (Å²) in [6.07, 6.45) is 0.984. The second-order valence-corrected chi connectivity index (χ2v) is 7.25. The van der Waals surface area contributed by atoms with Crippen LogP contribution in [0.5, 0.6) is 0 Å². The summed E-state index contributed by atoms with van der Waals surface area (Å²) in [6.45, 7) is 4.50. The normalized spacial score (nSPS) is 14.6. The van der Waals surface area contributed by atoms with Gasteiger partial charge in [0.25, 0.3) is 0 Å². The molecule has 0 amide bonds. The van der Waals surface area contributed by atoms with Gasteiger partial charge < -0.3 is 4.57 Å². The molecule has 0 saturated heterocycles. The zero-order chi connectivity index (χ0) is 15.3. The molecule has 3 aromatic rings. The summed E-state index contributed by atoms with van der Waals surface area (Å²) in [5.74, 6) is 1.90. The molecule has 0 fully saturated rings. The lowest BCUT2D eigenvalue weighted by Crippen LogP contribution is -2.33. The van der Waals surface area contributed by atoms with Gasteiger partial charge in [0.15, 0.2) is 11.6 Å². The average molecular weight is 391 g/mol. The van der Waals surface area contributed by atoms with E-state index in [9.17, 15) is 0 Å². The van der Waals surface area contributed by atoms with E-state index < -0.39 is 0 Å². The van der Waals surface area contributed by atoms with Gasteiger partial charge in [-0.2, -0.15) is 0 Å². The number of nitrogens with zero attached hydrogens (tertiary/aromatic N) is 3. The van der Waals surface area contributed by atoms with Crippen LogP contribution < -0.4 is 0 Å². The number of halogens is 2. The van der Waals surface area contributed by atoms with Crippen LogP contribution in [0.3, 0.4) is 0 Å². The topological polar surface area (TPSA) is 30.7 Å². The van der Waals surface area contributed by atoms with Gasteiger partial charge in [0.2, 0.25) is 0 Å². The Kier molecular flexibility index (Phi) is 4.07. The van der Waals surface area contributed by atoms with Gasteiger partial charge in [-0.15, -0.1) is 22.6 Å². The van der Waals surface area contributed by atoms with Crippen LogP contribution in [0.2, 0.25) is 0 Å². The number of benzene rings is 2. The standard InChI is InChI=1S/C18H16BrN3.ClH/c1-18(2)11-13-5-3-4-6-15(13)17-21-20-16(22(17)18)12-7-9-14(19)10-8-12;/h3-10H,11H2,1-2H3;1H. The first kappa shape index (κ1) is 16.2. The largest absolute Gasteiger partial charge is 0.301 e. The van der Waals surface area contributed by atoms with E-state index in [2.05, 4.69) is 80.9 Å². The van der Waals surface area contributed by atoms with Crippen LogP contribution in [0.1, 0.15) is 19.4 Å². The molecule has 0 bridgehead atoms. The van der Waals surface area contributed by atoms with Crippen molar-refractivity contribution >= 4 is 28.3 Å². The molecule has 0 unspecified atom stereocenters. The Morgan fingerprint density at radius 1 is 0.957 bits per heavy atom. The van der Waals surface area contributed by atoms with E-state index in [0.29, 0.717) is 0 Å². The summed E-state index contributed by atoms with van der Waals surface area (Å²) in [6, 6.07) is 16.7. The van der Waals surface area contributed by atoms with E-state index >= 15 is 0 Å². The van der Waals surface area contributed by atoms with Crippen LogP contribution in [-0.2, 0) is 12.0 Å². The maximum Gasteiger partial charge on any atom is 0.165 e. The molecular formula is C18H17BrClN3. The van der Waals surface area contributed by atoms with Gasteiger partial charge >= 0.3 is 0 Å². The third-order valence-corrected chi connectivity index (χ3v) is 4.78. The van der Waals surface area contributed by atoms with E-state index in [4.69, 9.17) is 0 Å². The fourth-order valence-corrected chi connectivity index (χ4v) is 3.52. The Labute approximate surface area is 150 Å². The van der Waals surface area contributed by atoms with Gasteiger partial charge in [-0.1, -0.05) is 52.3 Å². The molecule has 0 saturated carbocycles. The summed E-state index contributed by atoms with van der Waals surface area (Å²) >= 11 is 3.48. The van der Waals surface area contributed by atoms with Crippen molar-refractivity contribution < 1.29 is 0 Å². The van der Waals surface area contributed by atoms with Crippen LogP contribution in [0.25, 0.3) is 22.8 Å². The monoisotopic (exact) mass is 389 g/mol. The van der Waals surface area contributed by atoms with Gasteiger partial charge in [-0.3, -0.25) is 0 Å². The molecule has 2 aromatic carbocycles. The molecule has 3 nitrogen and oxygen atoms in total. The van der Waals surface area contributed by atoms with Crippen molar-refractivity contribution in [1.82, 2.24) is 14.8 Å². The Morgan fingerprint density at radius 2 is 1.61 bits per heavy atom. The van der Waals surface area contributed by atoms with Gasteiger partial charge in [-0.05, 0) is 38.0 Å². The van der Waals surface area contributed by atoms with Gasteiger partial charge in [-0.25, -0.2) is 0 Å². The summed E-state index contributed by atoms with van der Waals surface area (Å²) in [7, 11) is 0. The van der Waals surface area contributed by atoms with Gasteiger partial charge in [0.05, 0.1) is 0 Å². The third kappa shape index (κ3) is 2.60. The van der Waals surface area contributed by atoms with Crippen molar-refractivity contribution in [3.63, 3.8) is 0 Å². The van der Waals surface area contributed by atoms with E-state index in [0.717, 1.165) is 28.1 Å². The predicted molar refractivity (Wildman–Crippen MR) is 98.9 cm³/mol. The summed E-state index contributed by atoms with van der Waals surface area (Å²) in [5.41, 5.74) is 3.58. The highest BCUT2D eigenvalue weighted by Gasteiger charge is 2.34. The SMILES string of the molecule is CC1(C)Cc2ccccc2-c2nnc(-c3ccc(Br)cc3)n21.Cl. The Bertz CT molecular complexity index is 853. The quantitative estimate of drug-likeness (QED) is 0.579. The number of fused-ring (bicyclic) bond motifs is 3. The van der Waals surface area contributed by atoms with E-state index in [1.54, 1.807) is 0 Å². The molecule has 2 heterocycles. The maximum absolute atomic E-state index is 4.49. The Morgan fingerprint density at radius 3 is 2.35 bits per heavy atom. The molecule has 4 rings (SSSR count). The minimum absolute atomic E-state index is 0. The minimum atomic E-state index is -0.0460. The molecule has 1 aliphatic heterocycles. The average Bonchev–Trinajstić information content (AvgIpc) is 2.94. The van der Waals surface area contributed by atoms with Gasteiger partial charge in [0, 0.05) is 21.1 Å². The lowest BCUT2D eigenvalue weighted by Gasteiger charge is -2.34. The summed E-state index contributed by atoms with van der Waals surface area (Å²) < 4.78 is 3.35. The van der Waals surface area contributed by atoms with E-state index in [1.807, 2.05) is 12.1 Å². The highest BCUT2D eigenvalue weighted by Crippen LogP contribution is 2.39. The first-order valence-corrected chi connectivity index (χ1v) is 8.16. The molecule has 23 heavy (non-hydrogen) atoms. The minimum Gasteiger partial charge on any atom is -0.301 e. The van der Waals surface area contributed by atoms with Crippen molar-refractivity contribution in [3.05, 3.63) is 58.6 Å². The lowest BCUT2D eigenvalue weighted by atomic mass is 9.87. The number of hydrogen-bond donors (Lipinski definition) is 0. The van der Waals surface area contributed by atoms with E-state index in [-0.39, 0.29) is 17.9 Å². The molecule has 0 atom stereocenters. The Balaban J connectivity index is 0.00000156. The van der Waals surface area contributed by atoms with E-state index in [1.165, 1.54) is 11.1 Å². The van der Waals surface area contributed by atoms with Crippen molar-refractivity contribution in [3.8, 4) is 22.8 Å².